The molecule has 39 heavy (non-hydrogen) atoms. The molecule has 218 valence electrons. The van der Waals surface area contributed by atoms with Gasteiger partial charge in [0.2, 0.25) is 0 Å². The van der Waals surface area contributed by atoms with Crippen molar-refractivity contribution in [3.05, 3.63) is 54.1 Å². The van der Waals surface area contributed by atoms with Crippen LogP contribution in [0.2, 0.25) is 0 Å². The first-order valence-electron chi connectivity index (χ1n) is 16.8. The van der Waals surface area contributed by atoms with E-state index in [0.717, 1.165) is 28.3 Å². The minimum atomic E-state index is 0. The second-order valence-electron chi connectivity index (χ2n) is 13.1. The molecule has 0 nitrogen and oxygen atoms in total. The topological polar surface area (TPSA) is 0 Å². The van der Waals surface area contributed by atoms with Crippen LogP contribution < -0.4 is 5.30 Å². The van der Waals surface area contributed by atoms with Crippen LogP contribution in [0.1, 0.15) is 147 Å². The van der Waals surface area contributed by atoms with Gasteiger partial charge < -0.3 is 0 Å². The van der Waals surface area contributed by atoms with E-state index in [0.29, 0.717) is 0 Å². The van der Waals surface area contributed by atoms with Crippen LogP contribution in [0.4, 0.5) is 0 Å². The summed E-state index contributed by atoms with van der Waals surface area (Å²) in [5.41, 5.74) is 6.84. The van der Waals surface area contributed by atoms with Gasteiger partial charge in [-0.3, -0.25) is 0 Å². The summed E-state index contributed by atoms with van der Waals surface area (Å²) in [7, 11) is 0.201. The molecule has 2 aromatic carbocycles. The van der Waals surface area contributed by atoms with E-state index in [2.05, 4.69) is 25.1 Å². The van der Waals surface area contributed by atoms with E-state index in [1.54, 1.807) is 31.2 Å². The molecule has 0 aliphatic heterocycles. The zero-order chi connectivity index (χ0) is 26.0. The Labute approximate surface area is 255 Å². The average molecular weight is 607 g/mol. The molecule has 0 amide bonds. The van der Waals surface area contributed by atoms with Crippen molar-refractivity contribution in [3.8, 4) is 0 Å². The maximum absolute atomic E-state index is 2.81. The molecule has 0 unspecified atom stereocenters. The third kappa shape index (κ3) is 9.03. The summed E-state index contributed by atoms with van der Waals surface area (Å²) in [5.74, 6) is 0. The third-order valence-corrected chi connectivity index (χ3v) is 17.9. The average Bonchev–Trinajstić information content (AvgIpc) is 3.72. The molecular formula is C36H56FeP2. The predicted molar refractivity (Wildman–Crippen MR) is 173 cm³/mol. The van der Waals surface area contributed by atoms with Crippen LogP contribution in [-0.4, -0.2) is 22.6 Å². The Bertz CT molecular complexity index is 811. The minimum Gasteiger partial charge on any atom is -0.214 e. The fraction of sp³-hybridized carbons (Fsp3) is 0.722. The van der Waals surface area contributed by atoms with Gasteiger partial charge in [-0.2, -0.15) is 35.9 Å². The molecule has 4 fully saturated rings. The molecular weight excluding hydrogens is 550 g/mol. The van der Waals surface area contributed by atoms with Crippen LogP contribution in [-0.2, 0) is 17.1 Å². The predicted octanol–water partition coefficient (Wildman–Crippen LogP) is 11.8. The van der Waals surface area contributed by atoms with Crippen LogP contribution in [0.5, 0.6) is 0 Å². The van der Waals surface area contributed by atoms with Gasteiger partial charge in [-0.05, 0) is 74.0 Å². The molecule has 0 heterocycles. The summed E-state index contributed by atoms with van der Waals surface area (Å²) < 4.78 is 0. The second kappa shape index (κ2) is 17.3. The van der Waals surface area contributed by atoms with Crippen molar-refractivity contribution >= 4 is 21.1 Å². The Morgan fingerprint density at radius 3 is 1.44 bits per heavy atom. The van der Waals surface area contributed by atoms with E-state index in [4.69, 9.17) is 0 Å². The van der Waals surface area contributed by atoms with E-state index in [9.17, 15) is 0 Å². The molecule has 4 aliphatic rings. The van der Waals surface area contributed by atoms with Crippen LogP contribution in [0.15, 0.2) is 48.5 Å². The smallest absolute Gasteiger partial charge is 0.214 e. The van der Waals surface area contributed by atoms with Gasteiger partial charge >= 0.3 is 17.1 Å². The third-order valence-electron chi connectivity index (χ3n) is 10.5. The van der Waals surface area contributed by atoms with E-state index < -0.39 is 0 Å². The maximum atomic E-state index is 2.81. The molecule has 0 bridgehead atoms. The zero-order valence-corrected chi connectivity index (χ0v) is 27.8. The van der Waals surface area contributed by atoms with Crippen molar-refractivity contribution in [2.75, 3.05) is 0 Å². The molecule has 0 aromatic heterocycles. The summed E-state index contributed by atoms with van der Waals surface area (Å²) in [6.45, 7) is 2.68. The molecule has 6 rings (SSSR count). The SMILES string of the molecule is C[C@H](c1cc[c-](P(C2CCCCC2)C2CCCCC2)c1)P(C1CCCCC1)C1CCCCC1.[Fe+2].c1cc[cH-]c1. The summed E-state index contributed by atoms with van der Waals surface area (Å²) >= 11 is 0. The molecule has 0 radical (unpaired) electrons. The van der Waals surface area contributed by atoms with Crippen LogP contribution >= 0.6 is 15.8 Å². The zero-order valence-electron chi connectivity index (χ0n) is 24.9. The van der Waals surface area contributed by atoms with Crippen molar-refractivity contribution in [3.63, 3.8) is 0 Å². The van der Waals surface area contributed by atoms with Gasteiger partial charge in [0, 0.05) is 0 Å². The van der Waals surface area contributed by atoms with Crippen LogP contribution in [0.3, 0.4) is 0 Å². The first kappa shape index (κ1) is 32.0. The van der Waals surface area contributed by atoms with E-state index >= 15 is 0 Å². The number of hydrogen-bond acceptors (Lipinski definition) is 0. The van der Waals surface area contributed by atoms with Crippen LogP contribution in [0, 0.1) is 0 Å². The van der Waals surface area contributed by atoms with Gasteiger partial charge in [-0.1, -0.05) is 89.6 Å². The number of rotatable bonds is 7. The quantitative estimate of drug-likeness (QED) is 0.167. The van der Waals surface area contributed by atoms with Crippen molar-refractivity contribution in [2.45, 2.75) is 164 Å². The Hall–Kier alpha value is 0.0795. The second-order valence-corrected chi connectivity index (χ2v) is 19.0. The molecule has 2 aromatic rings. The standard InChI is InChI=1S/C31H51P2.C5H5.Fe/c1-25(32(27-14-6-2-7-15-27)28-16-8-3-9-17-28)26-22-23-31(24-26)33(29-18-10-4-11-19-29)30-20-12-5-13-21-30;1-2-4-5-3-1;/h22-25,27-30H,2-21H2,1H3;1-5H;/q2*-1;+2/t25-;;/m1../s1. The van der Waals surface area contributed by atoms with Crippen molar-refractivity contribution < 1.29 is 17.1 Å². The van der Waals surface area contributed by atoms with Gasteiger partial charge in [0.15, 0.2) is 0 Å². The molecule has 0 spiro atoms. The fourth-order valence-corrected chi connectivity index (χ4v) is 16.6. The van der Waals surface area contributed by atoms with Crippen molar-refractivity contribution in [2.24, 2.45) is 0 Å². The summed E-state index contributed by atoms with van der Waals surface area (Å²) in [6.07, 6.45) is 30.5. The Balaban J connectivity index is 0.000000530. The molecule has 0 saturated heterocycles. The summed E-state index contributed by atoms with van der Waals surface area (Å²) in [5, 5.41) is 1.84. The van der Waals surface area contributed by atoms with Gasteiger partial charge in [-0.15, -0.1) is 21.1 Å². The van der Waals surface area contributed by atoms with Crippen molar-refractivity contribution in [1.82, 2.24) is 0 Å². The van der Waals surface area contributed by atoms with Gasteiger partial charge in [0.25, 0.3) is 0 Å². The molecule has 1 atom stereocenters. The van der Waals surface area contributed by atoms with E-state index in [-0.39, 0.29) is 32.9 Å². The molecule has 4 aliphatic carbocycles. The van der Waals surface area contributed by atoms with Gasteiger partial charge in [0.05, 0.1) is 0 Å². The Morgan fingerprint density at radius 1 is 0.641 bits per heavy atom. The molecule has 3 heteroatoms. The fourth-order valence-electron chi connectivity index (χ4n) is 8.49. The largest absolute Gasteiger partial charge is 2.00 e. The Morgan fingerprint density at radius 2 is 1.05 bits per heavy atom. The molecule has 0 N–H and O–H groups in total. The van der Waals surface area contributed by atoms with Gasteiger partial charge in [0.1, 0.15) is 0 Å². The first-order valence-corrected chi connectivity index (χ1v) is 19.8. The van der Waals surface area contributed by atoms with Crippen LogP contribution in [0.25, 0.3) is 0 Å². The van der Waals surface area contributed by atoms with Gasteiger partial charge in [-0.25, -0.2) is 18.2 Å². The summed E-state index contributed by atoms with van der Waals surface area (Å²) in [4.78, 5) is 0. The summed E-state index contributed by atoms with van der Waals surface area (Å²) in [6, 6.07) is 18.1. The maximum Gasteiger partial charge on any atom is 2.00 e. The minimum absolute atomic E-state index is 0. The van der Waals surface area contributed by atoms with E-state index in [1.807, 2.05) is 35.6 Å². The number of hydrogen-bond donors (Lipinski definition) is 0. The monoisotopic (exact) mass is 606 g/mol. The normalized spacial score (nSPS) is 23.3. The van der Waals surface area contributed by atoms with Crippen molar-refractivity contribution in [1.29, 1.82) is 0 Å². The van der Waals surface area contributed by atoms with E-state index in [1.165, 1.54) is 103 Å². The Kier molecular flexibility index (Phi) is 14.2. The molecule has 4 saturated carbocycles. The first-order chi connectivity index (χ1) is 18.8.